The summed E-state index contributed by atoms with van der Waals surface area (Å²) in [7, 11) is 0. The lowest BCUT2D eigenvalue weighted by molar-refractivity contribution is 0.248. The van der Waals surface area contributed by atoms with Crippen LogP contribution in [-0.2, 0) is 6.54 Å². The lowest BCUT2D eigenvalue weighted by Gasteiger charge is -2.03. The maximum Gasteiger partial charge on any atom is 0.312 e. The first-order chi connectivity index (χ1) is 7.25. The molecule has 0 spiro atoms. The highest BCUT2D eigenvalue weighted by molar-refractivity contribution is 5.79. The van der Waals surface area contributed by atoms with E-state index in [9.17, 15) is 4.79 Å². The van der Waals surface area contributed by atoms with Crippen LogP contribution in [0.4, 0.5) is 4.79 Å². The summed E-state index contributed by atoms with van der Waals surface area (Å²) in [6.07, 6.45) is 1.73. The summed E-state index contributed by atoms with van der Waals surface area (Å²) in [6.45, 7) is 0.410. The number of carbonyl (C=O) groups is 1. The minimum atomic E-state index is -0.525. The van der Waals surface area contributed by atoms with E-state index in [1.165, 1.54) is 0 Å². The zero-order valence-electron chi connectivity index (χ0n) is 8.10. The van der Waals surface area contributed by atoms with Gasteiger partial charge < -0.3 is 11.1 Å². The standard InChI is InChI=1S/C11H11N3O/c12-11(15)14-7-8-5-9-3-1-2-4-10(9)13-6-8/h1-6H,7H2,(H3,12,14,15). The number of nitrogens with one attached hydrogen (secondary N) is 1. The number of aromatic nitrogens is 1. The fraction of sp³-hybridized carbons (Fsp3) is 0.0909. The van der Waals surface area contributed by atoms with Gasteiger partial charge in [0.25, 0.3) is 0 Å². The van der Waals surface area contributed by atoms with Crippen molar-refractivity contribution in [2.24, 2.45) is 5.73 Å². The second-order valence-electron chi connectivity index (χ2n) is 3.25. The van der Waals surface area contributed by atoms with Crippen molar-refractivity contribution in [2.75, 3.05) is 0 Å². The summed E-state index contributed by atoms with van der Waals surface area (Å²) < 4.78 is 0. The molecule has 4 nitrogen and oxygen atoms in total. The number of urea groups is 1. The molecule has 2 amide bonds. The molecular formula is C11H11N3O. The molecule has 0 atom stereocenters. The highest BCUT2D eigenvalue weighted by atomic mass is 16.2. The number of primary amides is 1. The van der Waals surface area contributed by atoms with E-state index >= 15 is 0 Å². The minimum absolute atomic E-state index is 0.410. The van der Waals surface area contributed by atoms with E-state index in [4.69, 9.17) is 5.73 Å². The summed E-state index contributed by atoms with van der Waals surface area (Å²) in [5.41, 5.74) is 6.86. The first-order valence-electron chi connectivity index (χ1n) is 4.63. The number of fused-ring (bicyclic) bond motifs is 1. The van der Waals surface area contributed by atoms with Gasteiger partial charge in [0, 0.05) is 18.1 Å². The third-order valence-electron chi connectivity index (χ3n) is 2.11. The number of nitrogens with two attached hydrogens (primary N) is 1. The SMILES string of the molecule is NC(=O)NCc1cnc2ccccc2c1. The van der Waals surface area contributed by atoms with E-state index in [1.54, 1.807) is 6.20 Å². The van der Waals surface area contributed by atoms with E-state index < -0.39 is 6.03 Å². The third-order valence-corrected chi connectivity index (χ3v) is 2.11. The van der Waals surface area contributed by atoms with Crippen LogP contribution in [0.5, 0.6) is 0 Å². The van der Waals surface area contributed by atoms with Gasteiger partial charge in [0.05, 0.1) is 5.52 Å². The minimum Gasteiger partial charge on any atom is -0.352 e. The quantitative estimate of drug-likeness (QED) is 0.771. The summed E-state index contributed by atoms with van der Waals surface area (Å²) >= 11 is 0. The Kier molecular flexibility index (Phi) is 2.49. The van der Waals surface area contributed by atoms with Crippen LogP contribution in [0.1, 0.15) is 5.56 Å². The molecule has 0 saturated heterocycles. The van der Waals surface area contributed by atoms with Crippen LogP contribution in [0.3, 0.4) is 0 Å². The molecule has 1 heterocycles. The van der Waals surface area contributed by atoms with Gasteiger partial charge in [-0.05, 0) is 17.7 Å². The van der Waals surface area contributed by atoms with Crippen molar-refractivity contribution in [3.8, 4) is 0 Å². The monoisotopic (exact) mass is 201 g/mol. The molecule has 0 aliphatic rings. The molecule has 2 aromatic rings. The number of pyridine rings is 1. The maximum absolute atomic E-state index is 10.5. The van der Waals surface area contributed by atoms with Crippen LogP contribution in [-0.4, -0.2) is 11.0 Å². The molecule has 3 N–H and O–H groups in total. The molecule has 2 rings (SSSR count). The molecule has 1 aromatic carbocycles. The number of benzene rings is 1. The van der Waals surface area contributed by atoms with Gasteiger partial charge in [0.15, 0.2) is 0 Å². The first kappa shape index (κ1) is 9.45. The van der Waals surface area contributed by atoms with Crippen molar-refractivity contribution in [1.82, 2.24) is 10.3 Å². The molecule has 0 fully saturated rings. The number of carbonyl (C=O) groups excluding carboxylic acids is 1. The van der Waals surface area contributed by atoms with Crippen LogP contribution in [0.2, 0.25) is 0 Å². The average molecular weight is 201 g/mol. The Morgan fingerprint density at radius 3 is 3.00 bits per heavy atom. The average Bonchev–Trinajstić information content (AvgIpc) is 2.26. The Bertz CT molecular complexity index is 496. The molecule has 0 saturated carbocycles. The molecule has 0 radical (unpaired) electrons. The van der Waals surface area contributed by atoms with Crippen molar-refractivity contribution < 1.29 is 4.79 Å². The predicted octanol–water partition coefficient (Wildman–Crippen LogP) is 1.40. The Morgan fingerprint density at radius 1 is 1.40 bits per heavy atom. The highest BCUT2D eigenvalue weighted by Gasteiger charge is 1.98. The highest BCUT2D eigenvalue weighted by Crippen LogP contribution is 2.12. The Balaban J connectivity index is 2.26. The van der Waals surface area contributed by atoms with Crippen molar-refractivity contribution in [3.05, 3.63) is 42.1 Å². The van der Waals surface area contributed by atoms with Crippen molar-refractivity contribution >= 4 is 16.9 Å². The van der Waals surface area contributed by atoms with Gasteiger partial charge in [0.2, 0.25) is 0 Å². The van der Waals surface area contributed by atoms with Gasteiger partial charge in [0.1, 0.15) is 0 Å². The van der Waals surface area contributed by atoms with Crippen molar-refractivity contribution in [2.45, 2.75) is 6.54 Å². The van der Waals surface area contributed by atoms with Gasteiger partial charge in [-0.2, -0.15) is 0 Å². The second-order valence-corrected chi connectivity index (χ2v) is 3.25. The maximum atomic E-state index is 10.5. The van der Waals surface area contributed by atoms with Crippen molar-refractivity contribution in [3.63, 3.8) is 0 Å². The number of hydrogen-bond donors (Lipinski definition) is 2. The first-order valence-corrected chi connectivity index (χ1v) is 4.63. The molecule has 1 aromatic heterocycles. The van der Waals surface area contributed by atoms with Gasteiger partial charge >= 0.3 is 6.03 Å². The van der Waals surface area contributed by atoms with Gasteiger partial charge in [-0.25, -0.2) is 4.79 Å². The second kappa shape index (κ2) is 3.96. The lowest BCUT2D eigenvalue weighted by Crippen LogP contribution is -2.28. The Labute approximate surface area is 87.1 Å². The van der Waals surface area contributed by atoms with Gasteiger partial charge in [-0.15, -0.1) is 0 Å². The van der Waals surface area contributed by atoms with Crippen LogP contribution in [0, 0.1) is 0 Å². The molecule has 0 bridgehead atoms. The normalized spacial score (nSPS) is 10.1. The van der Waals surface area contributed by atoms with Gasteiger partial charge in [-0.3, -0.25) is 4.98 Å². The number of para-hydroxylation sites is 1. The summed E-state index contributed by atoms with van der Waals surface area (Å²) in [4.78, 5) is 14.8. The fourth-order valence-corrected chi connectivity index (χ4v) is 1.40. The zero-order chi connectivity index (χ0) is 10.7. The molecular weight excluding hydrogens is 190 g/mol. The van der Waals surface area contributed by atoms with Crippen LogP contribution in [0.25, 0.3) is 10.9 Å². The topological polar surface area (TPSA) is 68.0 Å². The van der Waals surface area contributed by atoms with Crippen molar-refractivity contribution in [1.29, 1.82) is 0 Å². The van der Waals surface area contributed by atoms with E-state index in [0.29, 0.717) is 6.54 Å². The van der Waals surface area contributed by atoms with Crippen LogP contribution >= 0.6 is 0 Å². The van der Waals surface area contributed by atoms with Gasteiger partial charge in [-0.1, -0.05) is 18.2 Å². The third kappa shape index (κ3) is 2.22. The molecule has 4 heteroatoms. The Morgan fingerprint density at radius 2 is 2.20 bits per heavy atom. The molecule has 76 valence electrons. The zero-order valence-corrected chi connectivity index (χ0v) is 8.10. The Hall–Kier alpha value is -2.10. The molecule has 0 aliphatic heterocycles. The largest absolute Gasteiger partial charge is 0.352 e. The fourth-order valence-electron chi connectivity index (χ4n) is 1.40. The smallest absolute Gasteiger partial charge is 0.312 e. The summed E-state index contributed by atoms with van der Waals surface area (Å²) in [5, 5.41) is 3.58. The summed E-state index contributed by atoms with van der Waals surface area (Å²) in [6, 6.07) is 9.28. The predicted molar refractivity (Wildman–Crippen MR) is 58.2 cm³/mol. The number of hydrogen-bond acceptors (Lipinski definition) is 2. The van der Waals surface area contributed by atoms with E-state index in [1.807, 2.05) is 30.3 Å². The van der Waals surface area contributed by atoms with Crippen LogP contribution < -0.4 is 11.1 Å². The lowest BCUT2D eigenvalue weighted by atomic mass is 10.1. The van der Waals surface area contributed by atoms with E-state index in [0.717, 1.165) is 16.5 Å². The van der Waals surface area contributed by atoms with E-state index in [-0.39, 0.29) is 0 Å². The molecule has 0 aliphatic carbocycles. The number of nitrogens with zero attached hydrogens (tertiary/aromatic N) is 1. The number of amides is 2. The van der Waals surface area contributed by atoms with Crippen LogP contribution in [0.15, 0.2) is 36.5 Å². The van der Waals surface area contributed by atoms with E-state index in [2.05, 4.69) is 10.3 Å². The number of rotatable bonds is 2. The summed E-state index contributed by atoms with van der Waals surface area (Å²) in [5.74, 6) is 0. The molecule has 15 heavy (non-hydrogen) atoms. The molecule has 0 unspecified atom stereocenters.